The van der Waals surface area contributed by atoms with Crippen molar-refractivity contribution in [3.63, 3.8) is 0 Å². The number of nitrogens with zero attached hydrogens (tertiary/aromatic N) is 2. The van der Waals surface area contributed by atoms with Crippen LogP contribution < -0.4 is 5.32 Å². The zero-order valence-corrected chi connectivity index (χ0v) is 15.1. The van der Waals surface area contributed by atoms with Gasteiger partial charge in [-0.15, -0.1) is 0 Å². The lowest BCUT2D eigenvalue weighted by molar-refractivity contribution is -0.125. The zero-order chi connectivity index (χ0) is 17.5. The Labute approximate surface area is 145 Å². The van der Waals surface area contributed by atoms with Crippen LogP contribution in [0.5, 0.6) is 0 Å². The fraction of sp³-hybridized carbons (Fsp3) is 0.500. The van der Waals surface area contributed by atoms with Crippen molar-refractivity contribution in [1.82, 2.24) is 14.9 Å². The molecular formula is C20H29N3O. The maximum Gasteiger partial charge on any atom is 0.223 e. The van der Waals surface area contributed by atoms with Gasteiger partial charge in [0.2, 0.25) is 5.91 Å². The molecule has 2 rings (SSSR count). The average molecular weight is 327 g/mol. The minimum absolute atomic E-state index is 0.137. The second kappa shape index (κ2) is 8.67. The van der Waals surface area contributed by atoms with Crippen LogP contribution in [0.1, 0.15) is 45.9 Å². The lowest BCUT2D eigenvalue weighted by Crippen LogP contribution is -2.31. The summed E-state index contributed by atoms with van der Waals surface area (Å²) in [6.45, 7) is 11.7. The van der Waals surface area contributed by atoms with Crippen molar-refractivity contribution in [3.05, 3.63) is 42.2 Å². The highest BCUT2D eigenvalue weighted by atomic mass is 16.1. The smallest absolute Gasteiger partial charge is 0.223 e. The van der Waals surface area contributed by atoms with E-state index in [1.165, 1.54) is 0 Å². The molecule has 0 bridgehead atoms. The molecule has 0 saturated carbocycles. The van der Waals surface area contributed by atoms with Gasteiger partial charge in [-0.1, -0.05) is 38.1 Å². The minimum atomic E-state index is 0.137. The van der Waals surface area contributed by atoms with E-state index in [4.69, 9.17) is 4.98 Å². The number of aromatic nitrogens is 2. The number of aryl methyl sites for hydroxylation is 1. The summed E-state index contributed by atoms with van der Waals surface area (Å²) >= 11 is 0. The van der Waals surface area contributed by atoms with Crippen molar-refractivity contribution in [2.75, 3.05) is 6.54 Å². The lowest BCUT2D eigenvalue weighted by atomic mass is 10.0. The second-order valence-corrected chi connectivity index (χ2v) is 6.47. The largest absolute Gasteiger partial charge is 0.356 e. The van der Waals surface area contributed by atoms with E-state index in [1.54, 1.807) is 0 Å². The van der Waals surface area contributed by atoms with Crippen LogP contribution in [-0.2, 0) is 17.8 Å². The summed E-state index contributed by atoms with van der Waals surface area (Å²) in [6, 6.07) is 8.20. The Balaban J connectivity index is 1.99. The van der Waals surface area contributed by atoms with Crippen LogP contribution in [-0.4, -0.2) is 22.0 Å². The number of para-hydroxylation sites is 2. The third kappa shape index (κ3) is 4.47. The predicted molar refractivity (Wildman–Crippen MR) is 99.9 cm³/mol. The first-order valence-corrected chi connectivity index (χ1v) is 8.93. The van der Waals surface area contributed by atoms with Crippen molar-refractivity contribution in [2.45, 2.75) is 53.0 Å². The molecule has 130 valence electrons. The Hall–Kier alpha value is -2.10. The molecule has 4 nitrogen and oxygen atoms in total. The van der Waals surface area contributed by atoms with E-state index >= 15 is 0 Å². The molecule has 0 fully saturated rings. The first-order chi connectivity index (χ1) is 11.6. The SMILES string of the molecule is C=C(C)Cn1c(CCCNC(=O)C(CC)CC)nc2ccccc21. The fourth-order valence-electron chi connectivity index (χ4n) is 3.02. The first kappa shape index (κ1) is 18.2. The van der Waals surface area contributed by atoms with Crippen LogP contribution in [0.2, 0.25) is 0 Å². The van der Waals surface area contributed by atoms with Crippen molar-refractivity contribution >= 4 is 16.9 Å². The predicted octanol–water partition coefficient (Wildman–Crippen LogP) is 4.10. The quantitative estimate of drug-likeness (QED) is 0.557. The molecule has 0 aliphatic rings. The number of nitrogens with one attached hydrogen (secondary N) is 1. The topological polar surface area (TPSA) is 46.9 Å². The second-order valence-electron chi connectivity index (χ2n) is 6.47. The van der Waals surface area contributed by atoms with Gasteiger partial charge in [-0.25, -0.2) is 4.98 Å². The number of hydrogen-bond donors (Lipinski definition) is 1. The number of carbonyl (C=O) groups is 1. The van der Waals surface area contributed by atoms with Gasteiger partial charge in [0.05, 0.1) is 11.0 Å². The molecule has 1 amide bonds. The van der Waals surface area contributed by atoms with E-state index in [1.807, 2.05) is 25.1 Å². The Morgan fingerprint density at radius 1 is 1.29 bits per heavy atom. The van der Waals surface area contributed by atoms with Crippen LogP contribution in [0.4, 0.5) is 0 Å². The van der Waals surface area contributed by atoms with E-state index in [9.17, 15) is 4.79 Å². The highest BCUT2D eigenvalue weighted by Gasteiger charge is 2.14. The van der Waals surface area contributed by atoms with Crippen molar-refractivity contribution in [3.8, 4) is 0 Å². The van der Waals surface area contributed by atoms with Gasteiger partial charge in [-0.2, -0.15) is 0 Å². The Kier molecular flexibility index (Phi) is 6.59. The van der Waals surface area contributed by atoms with Crippen molar-refractivity contribution in [1.29, 1.82) is 0 Å². The Morgan fingerprint density at radius 2 is 2.00 bits per heavy atom. The first-order valence-electron chi connectivity index (χ1n) is 8.93. The highest BCUT2D eigenvalue weighted by Crippen LogP contribution is 2.18. The molecule has 1 heterocycles. The summed E-state index contributed by atoms with van der Waals surface area (Å²) in [6.07, 6.45) is 3.55. The maximum atomic E-state index is 12.0. The molecule has 0 spiro atoms. The van der Waals surface area contributed by atoms with E-state index in [-0.39, 0.29) is 11.8 Å². The average Bonchev–Trinajstić information content (AvgIpc) is 2.90. The molecule has 1 N–H and O–H groups in total. The number of carbonyl (C=O) groups excluding carboxylic acids is 1. The molecule has 0 unspecified atom stereocenters. The monoisotopic (exact) mass is 327 g/mol. The van der Waals surface area contributed by atoms with Crippen LogP contribution in [0.15, 0.2) is 36.4 Å². The number of allylic oxidation sites excluding steroid dienone is 1. The van der Waals surface area contributed by atoms with Gasteiger partial charge in [0.25, 0.3) is 0 Å². The zero-order valence-electron chi connectivity index (χ0n) is 15.1. The maximum absolute atomic E-state index is 12.0. The standard InChI is InChI=1S/C20H29N3O/c1-5-16(6-2)20(24)21-13-9-12-19-22-17-10-7-8-11-18(17)23(19)14-15(3)4/h7-8,10-11,16H,3,5-6,9,12-14H2,1-2,4H3,(H,21,24). The van der Waals surface area contributed by atoms with Crippen LogP contribution in [0, 0.1) is 5.92 Å². The molecule has 1 aromatic heterocycles. The van der Waals surface area contributed by atoms with Crippen molar-refractivity contribution < 1.29 is 4.79 Å². The third-order valence-corrected chi connectivity index (χ3v) is 4.39. The van der Waals surface area contributed by atoms with Gasteiger partial charge in [0.15, 0.2) is 0 Å². The van der Waals surface area contributed by atoms with E-state index in [2.05, 4.69) is 36.4 Å². The van der Waals surface area contributed by atoms with E-state index < -0.39 is 0 Å². The van der Waals surface area contributed by atoms with E-state index in [0.717, 1.165) is 54.7 Å². The van der Waals surface area contributed by atoms with Gasteiger partial charge < -0.3 is 9.88 Å². The lowest BCUT2D eigenvalue weighted by Gasteiger charge is -2.13. The molecule has 0 saturated heterocycles. The molecule has 0 aliphatic carbocycles. The van der Waals surface area contributed by atoms with Crippen molar-refractivity contribution in [2.24, 2.45) is 5.92 Å². The highest BCUT2D eigenvalue weighted by molar-refractivity contribution is 5.78. The molecule has 0 radical (unpaired) electrons. The van der Waals surface area contributed by atoms with Crippen LogP contribution >= 0.6 is 0 Å². The summed E-state index contributed by atoms with van der Waals surface area (Å²) in [5, 5.41) is 3.06. The normalized spacial score (nSPS) is 11.2. The number of hydrogen-bond acceptors (Lipinski definition) is 2. The Morgan fingerprint density at radius 3 is 2.67 bits per heavy atom. The van der Waals surface area contributed by atoms with Gasteiger partial charge in [0.1, 0.15) is 5.82 Å². The molecular weight excluding hydrogens is 298 g/mol. The van der Waals surface area contributed by atoms with E-state index in [0.29, 0.717) is 6.54 Å². The van der Waals surface area contributed by atoms with Crippen LogP contribution in [0.25, 0.3) is 11.0 Å². The Bertz CT molecular complexity index is 698. The number of imidazole rings is 1. The summed E-state index contributed by atoms with van der Waals surface area (Å²) in [4.78, 5) is 16.8. The summed E-state index contributed by atoms with van der Waals surface area (Å²) in [5.74, 6) is 1.38. The van der Waals surface area contributed by atoms with Gasteiger partial charge in [0, 0.05) is 25.4 Å². The molecule has 0 atom stereocenters. The van der Waals surface area contributed by atoms with Gasteiger partial charge in [-0.3, -0.25) is 4.79 Å². The number of benzene rings is 1. The summed E-state index contributed by atoms with van der Waals surface area (Å²) < 4.78 is 2.24. The number of fused-ring (bicyclic) bond motifs is 1. The number of rotatable bonds is 9. The summed E-state index contributed by atoms with van der Waals surface area (Å²) in [7, 11) is 0. The molecule has 4 heteroatoms. The molecule has 24 heavy (non-hydrogen) atoms. The molecule has 2 aromatic rings. The minimum Gasteiger partial charge on any atom is -0.356 e. The third-order valence-electron chi connectivity index (χ3n) is 4.39. The number of amides is 1. The molecule has 0 aliphatic heterocycles. The fourth-order valence-corrected chi connectivity index (χ4v) is 3.02. The van der Waals surface area contributed by atoms with Crippen LogP contribution in [0.3, 0.4) is 0 Å². The molecule has 1 aromatic carbocycles. The summed E-state index contributed by atoms with van der Waals surface area (Å²) in [5.41, 5.74) is 3.29. The van der Waals surface area contributed by atoms with Gasteiger partial charge >= 0.3 is 0 Å². The van der Waals surface area contributed by atoms with Gasteiger partial charge in [-0.05, 0) is 38.3 Å².